The lowest BCUT2D eigenvalue weighted by Crippen LogP contribution is -2.42. The van der Waals surface area contributed by atoms with Gasteiger partial charge in [-0.25, -0.2) is 9.98 Å². The zero-order valence-electron chi connectivity index (χ0n) is 14.8. The van der Waals surface area contributed by atoms with Crippen LogP contribution in [0.15, 0.2) is 11.3 Å². The molecule has 2 saturated heterocycles. The van der Waals surface area contributed by atoms with E-state index in [1.165, 1.54) is 13.0 Å². The second-order valence-corrected chi connectivity index (χ2v) is 6.48. The average molecular weight is 335 g/mol. The Morgan fingerprint density at radius 1 is 1.38 bits per heavy atom. The second-order valence-electron chi connectivity index (χ2n) is 6.48. The van der Waals surface area contributed by atoms with Crippen molar-refractivity contribution in [3.8, 4) is 0 Å². The number of aliphatic imine (C=N–C) groups is 1. The molecule has 0 bridgehead atoms. The molecule has 0 radical (unpaired) electrons. The lowest BCUT2D eigenvalue weighted by molar-refractivity contribution is 0.0315. The number of rotatable bonds is 5. The van der Waals surface area contributed by atoms with Gasteiger partial charge < -0.3 is 15.0 Å². The Bertz CT molecular complexity index is 538. The van der Waals surface area contributed by atoms with Crippen LogP contribution in [-0.2, 0) is 18.3 Å². The number of guanidine groups is 1. The van der Waals surface area contributed by atoms with Crippen LogP contribution in [-0.4, -0.2) is 83.0 Å². The molecular weight excluding hydrogens is 306 g/mol. The summed E-state index contributed by atoms with van der Waals surface area (Å²) in [6.45, 7) is 10.7. The van der Waals surface area contributed by atoms with Gasteiger partial charge in [-0.05, 0) is 19.3 Å². The van der Waals surface area contributed by atoms with Crippen LogP contribution >= 0.6 is 0 Å². The maximum absolute atomic E-state index is 5.44. The smallest absolute Gasteiger partial charge is 0.194 e. The number of aromatic nitrogens is 3. The molecule has 1 N–H and O–H groups in total. The number of nitrogens with one attached hydrogen (secondary N) is 1. The molecule has 2 aliphatic heterocycles. The van der Waals surface area contributed by atoms with E-state index in [0.29, 0.717) is 12.5 Å². The molecule has 0 aliphatic carbocycles. The summed E-state index contributed by atoms with van der Waals surface area (Å²) in [6, 6.07) is 0. The van der Waals surface area contributed by atoms with Gasteiger partial charge in [0, 0.05) is 46.3 Å². The summed E-state index contributed by atoms with van der Waals surface area (Å²) in [5, 5.41) is 7.52. The highest BCUT2D eigenvalue weighted by molar-refractivity contribution is 5.80. The molecule has 24 heavy (non-hydrogen) atoms. The van der Waals surface area contributed by atoms with E-state index >= 15 is 0 Å². The molecule has 0 aromatic carbocycles. The van der Waals surface area contributed by atoms with Gasteiger partial charge in [-0.3, -0.25) is 9.58 Å². The first-order chi connectivity index (χ1) is 11.8. The van der Waals surface area contributed by atoms with Crippen LogP contribution in [0.1, 0.15) is 19.2 Å². The van der Waals surface area contributed by atoms with E-state index in [9.17, 15) is 0 Å². The predicted molar refractivity (Wildman–Crippen MR) is 92.8 cm³/mol. The van der Waals surface area contributed by atoms with Crippen LogP contribution in [0.25, 0.3) is 0 Å². The average Bonchev–Trinajstić information content (AvgIpc) is 3.22. The Morgan fingerprint density at radius 3 is 2.92 bits per heavy atom. The van der Waals surface area contributed by atoms with E-state index in [2.05, 4.69) is 32.1 Å². The third-order valence-electron chi connectivity index (χ3n) is 4.72. The number of morpholine rings is 1. The van der Waals surface area contributed by atoms with E-state index in [4.69, 9.17) is 9.73 Å². The normalized spacial score (nSPS) is 23.0. The summed E-state index contributed by atoms with van der Waals surface area (Å²) < 4.78 is 7.21. The quantitative estimate of drug-likeness (QED) is 0.600. The maximum atomic E-state index is 5.44. The third-order valence-corrected chi connectivity index (χ3v) is 4.72. The maximum Gasteiger partial charge on any atom is 0.194 e. The lowest BCUT2D eigenvalue weighted by Gasteiger charge is -2.29. The van der Waals surface area contributed by atoms with Crippen molar-refractivity contribution in [3.63, 3.8) is 0 Å². The van der Waals surface area contributed by atoms with Crippen molar-refractivity contribution >= 4 is 5.96 Å². The van der Waals surface area contributed by atoms with E-state index in [1.807, 2.05) is 7.05 Å². The van der Waals surface area contributed by atoms with Gasteiger partial charge in [0.25, 0.3) is 0 Å². The molecule has 8 heteroatoms. The van der Waals surface area contributed by atoms with Crippen LogP contribution in [0.4, 0.5) is 0 Å². The van der Waals surface area contributed by atoms with Crippen molar-refractivity contribution in [2.24, 2.45) is 18.0 Å². The zero-order valence-corrected chi connectivity index (χ0v) is 14.8. The number of hydrogen-bond acceptors (Lipinski definition) is 5. The monoisotopic (exact) mass is 335 g/mol. The van der Waals surface area contributed by atoms with Crippen LogP contribution in [0, 0.1) is 5.92 Å². The van der Waals surface area contributed by atoms with Crippen molar-refractivity contribution in [2.45, 2.75) is 19.9 Å². The Balaban J connectivity index is 1.55. The molecule has 3 rings (SSSR count). The summed E-state index contributed by atoms with van der Waals surface area (Å²) in [5.74, 6) is 2.58. The second kappa shape index (κ2) is 8.43. The van der Waals surface area contributed by atoms with E-state index < -0.39 is 0 Å². The number of likely N-dealkylation sites (tertiary alicyclic amines) is 1. The first-order valence-corrected chi connectivity index (χ1v) is 8.92. The summed E-state index contributed by atoms with van der Waals surface area (Å²) >= 11 is 0. The van der Waals surface area contributed by atoms with Gasteiger partial charge in [-0.1, -0.05) is 0 Å². The highest BCUT2D eigenvalue weighted by atomic mass is 16.5. The Labute approximate surface area is 143 Å². The van der Waals surface area contributed by atoms with Gasteiger partial charge in [0.05, 0.1) is 13.2 Å². The van der Waals surface area contributed by atoms with E-state index in [0.717, 1.165) is 57.7 Å². The number of hydrogen-bond donors (Lipinski definition) is 1. The summed E-state index contributed by atoms with van der Waals surface area (Å²) in [5.41, 5.74) is 0. The summed E-state index contributed by atoms with van der Waals surface area (Å²) in [6.07, 6.45) is 2.80. The summed E-state index contributed by atoms with van der Waals surface area (Å²) in [7, 11) is 1.90. The molecule has 0 amide bonds. The summed E-state index contributed by atoms with van der Waals surface area (Å²) in [4.78, 5) is 13.9. The van der Waals surface area contributed by atoms with Crippen LogP contribution in [0.2, 0.25) is 0 Å². The van der Waals surface area contributed by atoms with Gasteiger partial charge in [-0.2, -0.15) is 5.10 Å². The van der Waals surface area contributed by atoms with Crippen molar-refractivity contribution < 1.29 is 4.74 Å². The lowest BCUT2D eigenvalue weighted by atomic mass is 10.1. The van der Waals surface area contributed by atoms with Gasteiger partial charge >= 0.3 is 0 Å². The Kier molecular flexibility index (Phi) is 6.03. The van der Waals surface area contributed by atoms with Crippen molar-refractivity contribution in [1.82, 2.24) is 29.9 Å². The predicted octanol–water partition coefficient (Wildman–Crippen LogP) is -0.0653. The molecule has 3 heterocycles. The van der Waals surface area contributed by atoms with E-state index in [1.54, 1.807) is 11.0 Å². The molecule has 0 spiro atoms. The fourth-order valence-electron chi connectivity index (χ4n) is 3.36. The molecule has 2 aliphatic rings. The van der Waals surface area contributed by atoms with Crippen molar-refractivity contribution in [2.75, 3.05) is 52.5 Å². The third kappa shape index (κ3) is 4.45. The topological polar surface area (TPSA) is 70.8 Å². The number of aryl methyl sites for hydroxylation is 1. The minimum Gasteiger partial charge on any atom is -0.379 e. The van der Waals surface area contributed by atoms with Crippen LogP contribution in [0.5, 0.6) is 0 Å². The number of nitrogens with zero attached hydrogens (tertiary/aromatic N) is 6. The molecule has 0 saturated carbocycles. The molecule has 2 fully saturated rings. The highest BCUT2D eigenvalue weighted by Crippen LogP contribution is 2.18. The minimum absolute atomic E-state index is 0.559. The van der Waals surface area contributed by atoms with E-state index in [-0.39, 0.29) is 0 Å². The van der Waals surface area contributed by atoms with Gasteiger partial charge in [0.1, 0.15) is 18.7 Å². The van der Waals surface area contributed by atoms with Crippen molar-refractivity contribution in [3.05, 3.63) is 12.2 Å². The van der Waals surface area contributed by atoms with Crippen LogP contribution in [0.3, 0.4) is 0 Å². The van der Waals surface area contributed by atoms with Crippen molar-refractivity contribution in [1.29, 1.82) is 0 Å². The highest BCUT2D eigenvalue weighted by Gasteiger charge is 2.27. The molecular formula is C16H29N7O. The number of ether oxygens (including phenoxy) is 1. The first-order valence-electron chi connectivity index (χ1n) is 8.92. The molecule has 1 aromatic rings. The van der Waals surface area contributed by atoms with Gasteiger partial charge in [0.15, 0.2) is 5.96 Å². The Hall–Kier alpha value is -1.67. The molecule has 8 nitrogen and oxygen atoms in total. The van der Waals surface area contributed by atoms with Crippen LogP contribution < -0.4 is 5.32 Å². The fourth-order valence-corrected chi connectivity index (χ4v) is 3.36. The fraction of sp³-hybridized carbons (Fsp3) is 0.812. The Morgan fingerprint density at radius 2 is 2.21 bits per heavy atom. The zero-order chi connectivity index (χ0) is 16.8. The van der Waals surface area contributed by atoms with Gasteiger partial charge in [0.2, 0.25) is 0 Å². The first kappa shape index (κ1) is 17.2. The molecule has 1 unspecified atom stereocenters. The van der Waals surface area contributed by atoms with Gasteiger partial charge in [-0.15, -0.1) is 0 Å². The SMILES string of the molecule is CCNC(=NCc1ncnn1C)N1CCC(CN2CCOCC2)C1. The minimum atomic E-state index is 0.559. The molecule has 1 atom stereocenters. The molecule has 134 valence electrons. The standard InChI is InChI=1S/C16H29N7O/c1-3-17-16(18-10-15-19-13-20-21(15)2)23-5-4-14(12-23)11-22-6-8-24-9-7-22/h13-14H,3-12H2,1-2H3,(H,17,18). The largest absolute Gasteiger partial charge is 0.379 e. The molecule has 1 aromatic heterocycles.